The molecule has 1 amide bonds. The molecule has 1 N–H and O–H groups in total. The van der Waals surface area contributed by atoms with Crippen LogP contribution in [-0.2, 0) is 9.53 Å². The summed E-state index contributed by atoms with van der Waals surface area (Å²) in [4.78, 5) is 24.5. The first-order valence-corrected chi connectivity index (χ1v) is 8.43. The number of rotatable bonds is 8. The Balaban J connectivity index is 2.91. The van der Waals surface area contributed by atoms with E-state index >= 15 is 0 Å². The number of carbonyl (C=O) groups excluding carboxylic acids is 2. The zero-order chi connectivity index (χ0) is 15.7. The van der Waals surface area contributed by atoms with Crippen LogP contribution in [-0.4, -0.2) is 30.1 Å². The minimum atomic E-state index is -0.382. The second-order valence-corrected chi connectivity index (χ2v) is 5.96. The minimum absolute atomic E-state index is 0.107. The predicted octanol–water partition coefficient (Wildman–Crippen LogP) is 3.93. The first-order chi connectivity index (χ1) is 10.1. The Morgan fingerprint density at radius 1 is 1.29 bits per heavy atom. The average molecular weight is 330 g/mol. The van der Waals surface area contributed by atoms with Crippen LogP contribution in [0.4, 0.5) is 5.69 Å². The Morgan fingerprint density at radius 2 is 2.05 bits per heavy atom. The number of alkyl halides is 1. The molecule has 1 aromatic carbocycles. The molecule has 1 rings (SSSR count). The van der Waals surface area contributed by atoms with Crippen molar-refractivity contribution in [2.45, 2.75) is 31.6 Å². The maximum Gasteiger partial charge on any atom is 0.338 e. The third-order valence-electron chi connectivity index (χ3n) is 2.55. The van der Waals surface area contributed by atoms with E-state index in [1.54, 1.807) is 30.8 Å². The molecular weight excluding hydrogens is 310 g/mol. The number of halogens is 1. The summed E-state index contributed by atoms with van der Waals surface area (Å²) in [6.07, 6.45) is 0.991. The number of anilines is 1. The Morgan fingerprint density at radius 3 is 2.67 bits per heavy atom. The van der Waals surface area contributed by atoms with Crippen LogP contribution in [0.1, 0.15) is 37.0 Å². The SMILES string of the molecule is CCOC(=O)c1cc(NC(=O)CCCCl)cc(SCC)c1. The minimum Gasteiger partial charge on any atom is -0.462 e. The summed E-state index contributed by atoms with van der Waals surface area (Å²) >= 11 is 7.18. The summed E-state index contributed by atoms with van der Waals surface area (Å²) in [5, 5.41) is 2.79. The Kier molecular flexibility index (Phi) is 8.23. The molecule has 0 saturated carbocycles. The summed E-state index contributed by atoms with van der Waals surface area (Å²) in [7, 11) is 0. The highest BCUT2D eigenvalue weighted by Gasteiger charge is 2.11. The monoisotopic (exact) mass is 329 g/mol. The zero-order valence-electron chi connectivity index (χ0n) is 12.3. The first-order valence-electron chi connectivity index (χ1n) is 6.91. The molecule has 0 fully saturated rings. The summed E-state index contributed by atoms with van der Waals surface area (Å²) in [5.74, 6) is 0.843. The van der Waals surface area contributed by atoms with Crippen molar-refractivity contribution >= 4 is 40.9 Å². The number of thioether (sulfide) groups is 1. The molecule has 0 aliphatic carbocycles. The van der Waals surface area contributed by atoms with E-state index in [0.717, 1.165) is 10.6 Å². The number of carbonyl (C=O) groups is 2. The number of ether oxygens (including phenoxy) is 1. The van der Waals surface area contributed by atoms with Crippen molar-refractivity contribution in [3.05, 3.63) is 23.8 Å². The topological polar surface area (TPSA) is 55.4 Å². The third kappa shape index (κ3) is 6.40. The van der Waals surface area contributed by atoms with Gasteiger partial charge in [-0.3, -0.25) is 4.79 Å². The van der Waals surface area contributed by atoms with Crippen LogP contribution in [0.2, 0.25) is 0 Å². The molecule has 21 heavy (non-hydrogen) atoms. The van der Waals surface area contributed by atoms with Gasteiger partial charge in [0.2, 0.25) is 5.91 Å². The first kappa shape index (κ1) is 17.9. The summed E-state index contributed by atoms with van der Waals surface area (Å²) in [5.41, 5.74) is 1.05. The van der Waals surface area contributed by atoms with Crippen molar-refractivity contribution in [3.8, 4) is 0 Å². The van der Waals surface area contributed by atoms with Gasteiger partial charge >= 0.3 is 5.97 Å². The van der Waals surface area contributed by atoms with E-state index in [4.69, 9.17) is 16.3 Å². The van der Waals surface area contributed by atoms with Gasteiger partial charge in [-0.25, -0.2) is 4.79 Å². The summed E-state index contributed by atoms with van der Waals surface area (Å²) in [6.45, 7) is 4.11. The van der Waals surface area contributed by atoms with Gasteiger partial charge in [-0.2, -0.15) is 0 Å². The quantitative estimate of drug-likeness (QED) is 0.446. The molecule has 116 valence electrons. The van der Waals surface area contributed by atoms with E-state index < -0.39 is 0 Å². The van der Waals surface area contributed by atoms with Crippen molar-refractivity contribution in [3.63, 3.8) is 0 Å². The Hall–Kier alpha value is -1.20. The summed E-state index contributed by atoms with van der Waals surface area (Å²) in [6, 6.07) is 5.27. The van der Waals surface area contributed by atoms with E-state index in [0.29, 0.717) is 36.6 Å². The molecular formula is C15H20ClNO3S. The molecule has 0 saturated heterocycles. The highest BCUT2D eigenvalue weighted by Crippen LogP contribution is 2.24. The highest BCUT2D eigenvalue weighted by atomic mass is 35.5. The van der Waals surface area contributed by atoms with Crippen LogP contribution in [0.3, 0.4) is 0 Å². The van der Waals surface area contributed by atoms with Crippen LogP contribution in [0.15, 0.2) is 23.1 Å². The molecule has 0 bridgehead atoms. The summed E-state index contributed by atoms with van der Waals surface area (Å²) < 4.78 is 5.01. The molecule has 0 spiro atoms. The molecule has 0 unspecified atom stereocenters. The van der Waals surface area contributed by atoms with Gasteiger partial charge in [-0.15, -0.1) is 23.4 Å². The second-order valence-electron chi connectivity index (χ2n) is 4.24. The van der Waals surface area contributed by atoms with Crippen LogP contribution in [0, 0.1) is 0 Å². The highest BCUT2D eigenvalue weighted by molar-refractivity contribution is 7.99. The smallest absolute Gasteiger partial charge is 0.338 e. The molecule has 1 aromatic rings. The van der Waals surface area contributed by atoms with Gasteiger partial charge in [0.1, 0.15) is 0 Å². The van der Waals surface area contributed by atoms with Gasteiger partial charge in [-0.05, 0) is 37.3 Å². The van der Waals surface area contributed by atoms with Gasteiger partial charge < -0.3 is 10.1 Å². The molecule has 0 radical (unpaired) electrons. The van der Waals surface area contributed by atoms with E-state index in [-0.39, 0.29) is 11.9 Å². The van der Waals surface area contributed by atoms with Gasteiger partial charge in [0.15, 0.2) is 0 Å². The number of esters is 1. The second kappa shape index (κ2) is 9.68. The fourth-order valence-electron chi connectivity index (χ4n) is 1.70. The lowest BCUT2D eigenvalue weighted by Gasteiger charge is -2.10. The normalized spacial score (nSPS) is 10.2. The zero-order valence-corrected chi connectivity index (χ0v) is 13.9. The lowest BCUT2D eigenvalue weighted by atomic mass is 10.2. The number of nitrogens with one attached hydrogen (secondary N) is 1. The lowest BCUT2D eigenvalue weighted by molar-refractivity contribution is -0.116. The predicted molar refractivity (Wildman–Crippen MR) is 87.4 cm³/mol. The molecule has 6 heteroatoms. The van der Waals surface area contributed by atoms with Crippen LogP contribution in [0.25, 0.3) is 0 Å². The van der Waals surface area contributed by atoms with E-state index in [9.17, 15) is 9.59 Å². The van der Waals surface area contributed by atoms with Crippen LogP contribution < -0.4 is 5.32 Å². The standard InChI is InChI=1S/C15H20ClNO3S/c1-3-20-15(19)11-8-12(10-13(9-11)21-4-2)17-14(18)6-5-7-16/h8-10H,3-7H2,1-2H3,(H,17,18). The molecule has 0 aliphatic heterocycles. The number of amides is 1. The van der Waals surface area contributed by atoms with Crippen molar-refractivity contribution in [2.24, 2.45) is 0 Å². The van der Waals surface area contributed by atoms with Gasteiger partial charge in [-0.1, -0.05) is 6.92 Å². The van der Waals surface area contributed by atoms with Crippen LogP contribution >= 0.6 is 23.4 Å². The Bertz CT molecular complexity index is 494. The van der Waals surface area contributed by atoms with E-state index in [2.05, 4.69) is 5.32 Å². The number of hydrogen-bond acceptors (Lipinski definition) is 4. The van der Waals surface area contributed by atoms with E-state index in [1.807, 2.05) is 13.0 Å². The van der Waals surface area contributed by atoms with Crippen molar-refractivity contribution in [2.75, 3.05) is 23.6 Å². The fraction of sp³-hybridized carbons (Fsp3) is 0.467. The van der Waals surface area contributed by atoms with Gasteiger partial charge in [0, 0.05) is 22.9 Å². The fourth-order valence-corrected chi connectivity index (χ4v) is 2.59. The Labute approximate surface area is 134 Å². The molecule has 0 atom stereocenters. The van der Waals surface area contributed by atoms with Crippen molar-refractivity contribution in [1.82, 2.24) is 0 Å². The maximum absolute atomic E-state index is 11.8. The van der Waals surface area contributed by atoms with Crippen LogP contribution in [0.5, 0.6) is 0 Å². The lowest BCUT2D eigenvalue weighted by Crippen LogP contribution is -2.12. The molecule has 0 heterocycles. The maximum atomic E-state index is 11.8. The largest absolute Gasteiger partial charge is 0.462 e. The molecule has 0 aliphatic rings. The number of benzene rings is 1. The van der Waals surface area contributed by atoms with Crippen molar-refractivity contribution in [1.29, 1.82) is 0 Å². The van der Waals surface area contributed by atoms with Crippen molar-refractivity contribution < 1.29 is 14.3 Å². The third-order valence-corrected chi connectivity index (χ3v) is 3.67. The number of hydrogen-bond donors (Lipinski definition) is 1. The molecule has 4 nitrogen and oxygen atoms in total. The average Bonchev–Trinajstić information content (AvgIpc) is 2.45. The van der Waals surface area contributed by atoms with Gasteiger partial charge in [0.25, 0.3) is 0 Å². The molecule has 0 aromatic heterocycles. The van der Waals surface area contributed by atoms with Gasteiger partial charge in [0.05, 0.1) is 12.2 Å². The van der Waals surface area contributed by atoms with E-state index in [1.165, 1.54) is 0 Å².